The molecular formula is C16H24N2O. The predicted octanol–water partition coefficient (Wildman–Crippen LogP) is 3.66. The molecule has 0 saturated carbocycles. The van der Waals surface area contributed by atoms with Crippen molar-refractivity contribution >= 4 is 17.3 Å². The van der Waals surface area contributed by atoms with E-state index >= 15 is 0 Å². The summed E-state index contributed by atoms with van der Waals surface area (Å²) in [6.07, 6.45) is 4.04. The predicted molar refractivity (Wildman–Crippen MR) is 80.6 cm³/mol. The molecule has 0 aromatic heterocycles. The van der Waals surface area contributed by atoms with Crippen molar-refractivity contribution in [3.63, 3.8) is 0 Å². The van der Waals surface area contributed by atoms with E-state index in [2.05, 4.69) is 30.1 Å². The number of carbonyl (C=O) groups excluding carboxylic acids is 1. The normalized spacial score (nSPS) is 15.0. The molecular weight excluding hydrogens is 236 g/mol. The second kappa shape index (κ2) is 6.60. The first-order valence-electron chi connectivity index (χ1n) is 7.30. The van der Waals surface area contributed by atoms with Crippen molar-refractivity contribution in [1.29, 1.82) is 0 Å². The molecule has 1 heterocycles. The quantitative estimate of drug-likeness (QED) is 0.876. The third-order valence-corrected chi connectivity index (χ3v) is 3.57. The van der Waals surface area contributed by atoms with E-state index in [1.54, 1.807) is 0 Å². The van der Waals surface area contributed by atoms with E-state index < -0.39 is 0 Å². The molecule has 1 amide bonds. The van der Waals surface area contributed by atoms with Crippen LogP contribution in [0.2, 0.25) is 0 Å². The van der Waals surface area contributed by atoms with Crippen molar-refractivity contribution < 1.29 is 4.79 Å². The lowest BCUT2D eigenvalue weighted by molar-refractivity contribution is -0.116. The Balaban J connectivity index is 2.01. The summed E-state index contributed by atoms with van der Waals surface area (Å²) in [7, 11) is 0. The highest BCUT2D eigenvalue weighted by Gasteiger charge is 2.16. The Hall–Kier alpha value is -1.51. The molecule has 0 spiro atoms. The van der Waals surface area contributed by atoms with Crippen LogP contribution in [0.1, 0.15) is 39.5 Å². The number of nitrogens with one attached hydrogen (secondary N) is 1. The van der Waals surface area contributed by atoms with Gasteiger partial charge < -0.3 is 10.2 Å². The maximum Gasteiger partial charge on any atom is 0.224 e. The molecule has 1 saturated heterocycles. The highest BCUT2D eigenvalue weighted by atomic mass is 16.1. The number of rotatable bonds is 5. The summed E-state index contributed by atoms with van der Waals surface area (Å²) in [5, 5.41) is 3.06. The molecule has 0 bridgehead atoms. The lowest BCUT2D eigenvalue weighted by Crippen LogP contribution is -2.21. The van der Waals surface area contributed by atoms with Gasteiger partial charge in [-0.3, -0.25) is 4.79 Å². The molecule has 1 aliphatic heterocycles. The van der Waals surface area contributed by atoms with Crippen LogP contribution in [0.25, 0.3) is 0 Å². The minimum absolute atomic E-state index is 0.125. The average molecular weight is 260 g/mol. The molecule has 1 aromatic rings. The first-order chi connectivity index (χ1) is 9.16. The lowest BCUT2D eigenvalue weighted by Gasteiger charge is -2.21. The third-order valence-electron chi connectivity index (χ3n) is 3.57. The van der Waals surface area contributed by atoms with Crippen LogP contribution in [0.5, 0.6) is 0 Å². The molecule has 0 radical (unpaired) electrons. The first-order valence-corrected chi connectivity index (χ1v) is 7.30. The number of anilines is 2. The highest BCUT2D eigenvalue weighted by molar-refractivity contribution is 5.94. The largest absolute Gasteiger partial charge is 0.370 e. The van der Waals surface area contributed by atoms with Crippen LogP contribution in [-0.4, -0.2) is 19.0 Å². The van der Waals surface area contributed by atoms with Gasteiger partial charge in [-0.05, 0) is 37.3 Å². The summed E-state index contributed by atoms with van der Waals surface area (Å²) in [6, 6.07) is 8.12. The number of amides is 1. The van der Waals surface area contributed by atoms with E-state index in [1.807, 2.05) is 18.2 Å². The maximum absolute atomic E-state index is 12.0. The molecule has 19 heavy (non-hydrogen) atoms. The molecule has 2 rings (SSSR count). The van der Waals surface area contributed by atoms with Crippen molar-refractivity contribution in [3.05, 3.63) is 24.3 Å². The van der Waals surface area contributed by atoms with Gasteiger partial charge in [0, 0.05) is 19.5 Å². The molecule has 1 fully saturated rings. The molecule has 104 valence electrons. The molecule has 3 heteroatoms. The van der Waals surface area contributed by atoms with Crippen LogP contribution in [0.15, 0.2) is 24.3 Å². The van der Waals surface area contributed by atoms with E-state index in [0.717, 1.165) is 30.9 Å². The highest BCUT2D eigenvalue weighted by Crippen LogP contribution is 2.28. The minimum Gasteiger partial charge on any atom is -0.370 e. The number of hydrogen-bond acceptors (Lipinski definition) is 2. The Morgan fingerprint density at radius 1 is 1.26 bits per heavy atom. The Morgan fingerprint density at radius 3 is 2.63 bits per heavy atom. The second-order valence-corrected chi connectivity index (χ2v) is 5.69. The molecule has 0 aliphatic carbocycles. The second-order valence-electron chi connectivity index (χ2n) is 5.69. The first kappa shape index (κ1) is 13.9. The van der Waals surface area contributed by atoms with E-state index in [0.29, 0.717) is 12.3 Å². The van der Waals surface area contributed by atoms with Crippen LogP contribution < -0.4 is 10.2 Å². The van der Waals surface area contributed by atoms with Gasteiger partial charge in [-0.1, -0.05) is 26.0 Å². The summed E-state index contributed by atoms with van der Waals surface area (Å²) in [5.41, 5.74) is 2.12. The van der Waals surface area contributed by atoms with E-state index in [4.69, 9.17) is 0 Å². The number of nitrogens with zero attached hydrogens (tertiary/aromatic N) is 1. The summed E-state index contributed by atoms with van der Waals surface area (Å²) >= 11 is 0. The zero-order chi connectivity index (χ0) is 13.7. The van der Waals surface area contributed by atoms with Gasteiger partial charge in [0.1, 0.15) is 0 Å². The number of hydrogen-bond donors (Lipinski definition) is 1. The van der Waals surface area contributed by atoms with Crippen molar-refractivity contribution in [3.8, 4) is 0 Å². The maximum atomic E-state index is 12.0. The molecule has 0 atom stereocenters. The number of benzene rings is 1. The minimum atomic E-state index is 0.125. The van der Waals surface area contributed by atoms with Crippen LogP contribution in [0.3, 0.4) is 0 Å². The summed E-state index contributed by atoms with van der Waals surface area (Å²) in [4.78, 5) is 14.3. The van der Waals surface area contributed by atoms with Crippen LogP contribution in [-0.2, 0) is 4.79 Å². The zero-order valence-electron chi connectivity index (χ0n) is 12.0. The van der Waals surface area contributed by atoms with Gasteiger partial charge >= 0.3 is 0 Å². The topological polar surface area (TPSA) is 32.3 Å². The zero-order valence-corrected chi connectivity index (χ0v) is 12.0. The molecule has 1 N–H and O–H groups in total. The Labute approximate surface area is 116 Å². The van der Waals surface area contributed by atoms with Crippen molar-refractivity contribution in [2.75, 3.05) is 23.3 Å². The van der Waals surface area contributed by atoms with Crippen molar-refractivity contribution in [1.82, 2.24) is 0 Å². The SMILES string of the molecule is CC(C)CCC(=O)Nc1ccccc1N1CCCC1. The summed E-state index contributed by atoms with van der Waals surface area (Å²) < 4.78 is 0. The lowest BCUT2D eigenvalue weighted by atomic mass is 10.1. The van der Waals surface area contributed by atoms with Crippen LogP contribution in [0.4, 0.5) is 11.4 Å². The van der Waals surface area contributed by atoms with Gasteiger partial charge in [0.05, 0.1) is 11.4 Å². The van der Waals surface area contributed by atoms with Gasteiger partial charge in [0.25, 0.3) is 0 Å². The average Bonchev–Trinajstić information content (AvgIpc) is 2.91. The molecule has 1 aromatic carbocycles. The summed E-state index contributed by atoms with van der Waals surface area (Å²) in [6.45, 7) is 6.48. The fraction of sp³-hybridized carbons (Fsp3) is 0.562. The van der Waals surface area contributed by atoms with Crippen molar-refractivity contribution in [2.45, 2.75) is 39.5 Å². The van der Waals surface area contributed by atoms with Crippen LogP contribution in [0, 0.1) is 5.92 Å². The number of para-hydroxylation sites is 2. The van der Waals surface area contributed by atoms with Gasteiger partial charge in [0.2, 0.25) is 5.91 Å². The summed E-state index contributed by atoms with van der Waals surface area (Å²) in [5.74, 6) is 0.694. The number of carbonyl (C=O) groups is 1. The molecule has 0 unspecified atom stereocenters. The van der Waals surface area contributed by atoms with E-state index in [-0.39, 0.29) is 5.91 Å². The van der Waals surface area contributed by atoms with E-state index in [9.17, 15) is 4.79 Å². The van der Waals surface area contributed by atoms with Gasteiger partial charge in [-0.2, -0.15) is 0 Å². The standard InChI is InChI=1S/C16H24N2O/c1-13(2)9-10-16(19)17-14-7-3-4-8-15(14)18-11-5-6-12-18/h3-4,7-8,13H,5-6,9-12H2,1-2H3,(H,17,19). The smallest absolute Gasteiger partial charge is 0.224 e. The van der Waals surface area contributed by atoms with Gasteiger partial charge in [-0.25, -0.2) is 0 Å². The van der Waals surface area contributed by atoms with Crippen molar-refractivity contribution in [2.24, 2.45) is 5.92 Å². The monoisotopic (exact) mass is 260 g/mol. The van der Waals surface area contributed by atoms with E-state index in [1.165, 1.54) is 12.8 Å². The van der Waals surface area contributed by atoms with Crippen LogP contribution >= 0.6 is 0 Å². The van der Waals surface area contributed by atoms with Gasteiger partial charge in [0.15, 0.2) is 0 Å². The fourth-order valence-corrected chi connectivity index (χ4v) is 2.45. The Bertz CT molecular complexity index is 423. The third kappa shape index (κ3) is 3.98. The molecule has 1 aliphatic rings. The Morgan fingerprint density at radius 2 is 1.95 bits per heavy atom. The fourth-order valence-electron chi connectivity index (χ4n) is 2.45. The Kier molecular flexibility index (Phi) is 4.83. The van der Waals surface area contributed by atoms with Gasteiger partial charge in [-0.15, -0.1) is 0 Å². The molecule has 3 nitrogen and oxygen atoms in total.